The summed E-state index contributed by atoms with van der Waals surface area (Å²) >= 11 is 18.8. The van der Waals surface area contributed by atoms with Gasteiger partial charge in [0.2, 0.25) is 0 Å². The van der Waals surface area contributed by atoms with Crippen molar-refractivity contribution in [1.82, 2.24) is 8.75 Å². The first-order valence-corrected chi connectivity index (χ1v) is 8.09. The molecule has 0 bridgehead atoms. The van der Waals surface area contributed by atoms with E-state index in [1.807, 2.05) is 6.92 Å². The lowest BCUT2D eigenvalue weighted by atomic mass is 10.1. The Bertz CT molecular complexity index is 751. The first kappa shape index (κ1) is 12.8. The summed E-state index contributed by atoms with van der Waals surface area (Å²) in [5.41, 5.74) is 3.62. The number of hydrogen-bond donors (Lipinski definition) is 0. The quantitative estimate of drug-likeness (QED) is 0.499. The standard InChI is InChI=1S/C11H5BrCl2N2S2/c1-4-2-5(17-3-4)6-8(13)9(14)7(12)11-10(6)15-18-16-11/h2-3H,1H3. The lowest BCUT2D eigenvalue weighted by Gasteiger charge is -2.06. The summed E-state index contributed by atoms with van der Waals surface area (Å²) < 4.78 is 9.29. The molecule has 0 atom stereocenters. The number of nitrogens with zero attached hydrogens (tertiary/aromatic N) is 2. The summed E-state index contributed by atoms with van der Waals surface area (Å²) in [5, 5.41) is 3.08. The molecule has 92 valence electrons. The van der Waals surface area contributed by atoms with Crippen LogP contribution in [-0.2, 0) is 0 Å². The molecule has 0 fully saturated rings. The van der Waals surface area contributed by atoms with Gasteiger partial charge in [0.05, 0.1) is 26.2 Å². The first-order valence-electron chi connectivity index (χ1n) is 4.94. The number of thiophene rings is 1. The Morgan fingerprint density at radius 3 is 2.56 bits per heavy atom. The average molecular weight is 380 g/mol. The Balaban J connectivity index is 2.44. The molecule has 2 heterocycles. The van der Waals surface area contributed by atoms with Crippen molar-refractivity contribution in [3.8, 4) is 10.4 Å². The van der Waals surface area contributed by atoms with Gasteiger partial charge in [0.25, 0.3) is 0 Å². The van der Waals surface area contributed by atoms with Crippen molar-refractivity contribution in [2.24, 2.45) is 0 Å². The van der Waals surface area contributed by atoms with E-state index in [-0.39, 0.29) is 0 Å². The molecule has 0 aliphatic heterocycles. The highest BCUT2D eigenvalue weighted by Crippen LogP contribution is 2.45. The van der Waals surface area contributed by atoms with Crippen LogP contribution in [0.2, 0.25) is 10.0 Å². The number of fused-ring (bicyclic) bond motifs is 1. The third kappa shape index (κ3) is 1.89. The van der Waals surface area contributed by atoms with Gasteiger partial charge in [-0.05, 0) is 39.9 Å². The number of halogens is 3. The molecule has 18 heavy (non-hydrogen) atoms. The fraction of sp³-hybridized carbons (Fsp3) is 0.0909. The first-order chi connectivity index (χ1) is 8.59. The molecule has 0 aliphatic rings. The van der Waals surface area contributed by atoms with Gasteiger partial charge in [-0.25, -0.2) is 0 Å². The summed E-state index contributed by atoms with van der Waals surface area (Å²) in [4.78, 5) is 1.06. The van der Waals surface area contributed by atoms with Gasteiger partial charge in [0.1, 0.15) is 11.0 Å². The van der Waals surface area contributed by atoms with Crippen molar-refractivity contribution in [1.29, 1.82) is 0 Å². The highest BCUT2D eigenvalue weighted by molar-refractivity contribution is 9.10. The smallest absolute Gasteiger partial charge is 0.121 e. The number of rotatable bonds is 1. The Labute approximate surface area is 130 Å². The van der Waals surface area contributed by atoms with E-state index in [9.17, 15) is 0 Å². The molecule has 0 amide bonds. The van der Waals surface area contributed by atoms with E-state index in [0.717, 1.165) is 33.2 Å². The summed E-state index contributed by atoms with van der Waals surface area (Å²) in [6.45, 7) is 2.05. The highest BCUT2D eigenvalue weighted by Gasteiger charge is 2.20. The average Bonchev–Trinajstić information content (AvgIpc) is 2.96. The molecule has 0 saturated heterocycles. The lowest BCUT2D eigenvalue weighted by Crippen LogP contribution is -1.84. The normalized spacial score (nSPS) is 11.3. The van der Waals surface area contributed by atoms with Crippen molar-refractivity contribution >= 4 is 73.2 Å². The second kappa shape index (κ2) is 4.72. The van der Waals surface area contributed by atoms with Crippen molar-refractivity contribution in [3.63, 3.8) is 0 Å². The van der Waals surface area contributed by atoms with Gasteiger partial charge >= 0.3 is 0 Å². The van der Waals surface area contributed by atoms with Crippen molar-refractivity contribution < 1.29 is 0 Å². The van der Waals surface area contributed by atoms with E-state index in [1.54, 1.807) is 11.3 Å². The van der Waals surface area contributed by atoms with Crippen LogP contribution in [0.5, 0.6) is 0 Å². The molecule has 2 aromatic heterocycles. The van der Waals surface area contributed by atoms with E-state index in [2.05, 4.69) is 36.1 Å². The zero-order chi connectivity index (χ0) is 12.9. The molecule has 3 aromatic rings. The topological polar surface area (TPSA) is 25.8 Å². The van der Waals surface area contributed by atoms with Crippen LogP contribution in [0.25, 0.3) is 21.5 Å². The van der Waals surface area contributed by atoms with Gasteiger partial charge in [-0.15, -0.1) is 11.3 Å². The highest BCUT2D eigenvalue weighted by atomic mass is 79.9. The molecule has 0 spiro atoms. The van der Waals surface area contributed by atoms with Crippen molar-refractivity contribution in [3.05, 3.63) is 31.5 Å². The third-order valence-corrected chi connectivity index (χ3v) is 5.96. The van der Waals surface area contributed by atoms with Gasteiger partial charge < -0.3 is 0 Å². The van der Waals surface area contributed by atoms with Gasteiger partial charge in [0, 0.05) is 10.4 Å². The molecule has 3 rings (SSSR count). The third-order valence-electron chi connectivity index (χ3n) is 2.52. The largest absolute Gasteiger partial charge is 0.172 e. The van der Waals surface area contributed by atoms with Crippen molar-refractivity contribution in [2.45, 2.75) is 6.92 Å². The Hall–Kier alpha value is -0.200. The van der Waals surface area contributed by atoms with E-state index in [1.165, 1.54) is 5.56 Å². The maximum absolute atomic E-state index is 6.36. The van der Waals surface area contributed by atoms with Crippen LogP contribution in [0.3, 0.4) is 0 Å². The number of hydrogen-bond acceptors (Lipinski definition) is 4. The summed E-state index contributed by atoms with van der Waals surface area (Å²) in [6, 6.07) is 2.08. The molecule has 2 nitrogen and oxygen atoms in total. The molecular weight excluding hydrogens is 375 g/mol. The van der Waals surface area contributed by atoms with Crippen LogP contribution < -0.4 is 0 Å². The Morgan fingerprint density at radius 2 is 1.89 bits per heavy atom. The van der Waals surface area contributed by atoms with E-state index in [4.69, 9.17) is 23.2 Å². The van der Waals surface area contributed by atoms with E-state index >= 15 is 0 Å². The van der Waals surface area contributed by atoms with Crippen molar-refractivity contribution in [2.75, 3.05) is 0 Å². The zero-order valence-corrected chi connectivity index (χ0v) is 13.7. The Kier molecular flexibility index (Phi) is 3.36. The van der Waals surface area contributed by atoms with E-state index in [0.29, 0.717) is 14.5 Å². The summed E-state index contributed by atoms with van der Waals surface area (Å²) in [6.07, 6.45) is 0. The number of benzene rings is 1. The van der Waals surface area contributed by atoms with Crippen LogP contribution in [0, 0.1) is 6.92 Å². The van der Waals surface area contributed by atoms with Gasteiger partial charge in [-0.3, -0.25) is 0 Å². The van der Waals surface area contributed by atoms with Crippen LogP contribution in [0.1, 0.15) is 5.56 Å². The number of aromatic nitrogens is 2. The molecule has 0 N–H and O–H groups in total. The number of aryl methyl sites for hydroxylation is 1. The molecule has 1 aromatic carbocycles. The second-order valence-corrected chi connectivity index (χ2v) is 6.76. The van der Waals surface area contributed by atoms with Crippen LogP contribution in [0.4, 0.5) is 0 Å². The summed E-state index contributed by atoms with van der Waals surface area (Å²) in [5.74, 6) is 0. The van der Waals surface area contributed by atoms with Gasteiger partial charge in [0.15, 0.2) is 0 Å². The van der Waals surface area contributed by atoms with Crippen LogP contribution >= 0.6 is 62.2 Å². The Morgan fingerprint density at radius 1 is 1.17 bits per heavy atom. The predicted molar refractivity (Wildman–Crippen MR) is 83.2 cm³/mol. The monoisotopic (exact) mass is 378 g/mol. The van der Waals surface area contributed by atoms with Crippen LogP contribution in [-0.4, -0.2) is 8.75 Å². The molecule has 0 unspecified atom stereocenters. The molecular formula is C11H5BrCl2N2S2. The molecule has 7 heteroatoms. The molecule has 0 aliphatic carbocycles. The van der Waals surface area contributed by atoms with Gasteiger partial charge in [-0.1, -0.05) is 23.2 Å². The van der Waals surface area contributed by atoms with Gasteiger partial charge in [-0.2, -0.15) is 8.75 Å². The fourth-order valence-corrected chi connectivity index (χ4v) is 4.44. The zero-order valence-electron chi connectivity index (χ0n) is 9.00. The summed E-state index contributed by atoms with van der Waals surface area (Å²) in [7, 11) is 0. The maximum atomic E-state index is 6.36. The SMILES string of the molecule is Cc1csc(-c2c(Cl)c(Cl)c(Br)c3nsnc23)c1. The minimum Gasteiger partial charge on any atom is -0.172 e. The fourth-order valence-electron chi connectivity index (χ4n) is 1.70. The second-order valence-electron chi connectivity index (χ2n) is 3.77. The minimum absolute atomic E-state index is 0.484. The minimum atomic E-state index is 0.484. The van der Waals surface area contributed by atoms with Crippen LogP contribution in [0.15, 0.2) is 15.9 Å². The predicted octanol–water partition coefficient (Wildman–Crippen LogP) is 5.80. The maximum Gasteiger partial charge on any atom is 0.121 e. The molecule has 0 saturated carbocycles. The molecule has 0 radical (unpaired) electrons. The lowest BCUT2D eigenvalue weighted by molar-refractivity contribution is 1.55. The van der Waals surface area contributed by atoms with E-state index < -0.39 is 0 Å².